The third kappa shape index (κ3) is 5.90. The Labute approximate surface area is 207 Å². The summed E-state index contributed by atoms with van der Waals surface area (Å²) >= 11 is 0. The molecule has 0 spiro atoms. The number of carbonyl (C=O) groups excluding carboxylic acids is 2. The summed E-state index contributed by atoms with van der Waals surface area (Å²) in [7, 11) is 0. The van der Waals surface area contributed by atoms with E-state index in [4.69, 9.17) is 4.74 Å². The van der Waals surface area contributed by atoms with E-state index < -0.39 is 11.2 Å². The molecular formula is C31H46O3. The fraction of sp³-hybridized carbons (Fsp3) is 0.677. The molecule has 1 aliphatic carbocycles. The summed E-state index contributed by atoms with van der Waals surface area (Å²) in [5.41, 5.74) is 0.297. The van der Waals surface area contributed by atoms with Crippen LogP contribution in [0.3, 0.4) is 0 Å². The van der Waals surface area contributed by atoms with Crippen LogP contribution in [-0.2, 0) is 4.74 Å². The molecule has 3 nitrogen and oxygen atoms in total. The zero-order valence-corrected chi connectivity index (χ0v) is 22.4. The molecule has 1 aromatic carbocycles. The van der Waals surface area contributed by atoms with Crippen molar-refractivity contribution >= 4 is 11.6 Å². The average molecular weight is 467 g/mol. The van der Waals surface area contributed by atoms with Crippen LogP contribution in [0.1, 0.15) is 126 Å². The zero-order valence-electron chi connectivity index (χ0n) is 22.4. The molecule has 0 N–H and O–H groups in total. The van der Waals surface area contributed by atoms with Crippen molar-refractivity contribution in [3.05, 3.63) is 47.0 Å². The quantitative estimate of drug-likeness (QED) is 0.204. The van der Waals surface area contributed by atoms with Gasteiger partial charge in [0.1, 0.15) is 0 Å². The number of benzene rings is 1. The third-order valence-corrected chi connectivity index (χ3v) is 8.20. The van der Waals surface area contributed by atoms with Crippen LogP contribution in [0.15, 0.2) is 35.9 Å². The van der Waals surface area contributed by atoms with Crippen molar-refractivity contribution in [2.24, 2.45) is 17.8 Å². The van der Waals surface area contributed by atoms with Gasteiger partial charge in [0.15, 0.2) is 22.8 Å². The van der Waals surface area contributed by atoms with Crippen molar-refractivity contribution in [3.63, 3.8) is 0 Å². The lowest BCUT2D eigenvalue weighted by atomic mass is 9.73. The zero-order chi connectivity index (χ0) is 24.9. The van der Waals surface area contributed by atoms with Gasteiger partial charge in [-0.15, -0.1) is 0 Å². The number of rotatable bonds is 14. The Hall–Kier alpha value is -1.74. The van der Waals surface area contributed by atoms with Gasteiger partial charge in [0, 0.05) is 17.5 Å². The topological polar surface area (TPSA) is 46.7 Å². The van der Waals surface area contributed by atoms with Gasteiger partial charge >= 0.3 is 0 Å². The fourth-order valence-electron chi connectivity index (χ4n) is 5.63. The average Bonchev–Trinajstić information content (AvgIpc) is 3.43. The van der Waals surface area contributed by atoms with Gasteiger partial charge in [-0.05, 0) is 44.4 Å². The molecule has 4 unspecified atom stereocenters. The van der Waals surface area contributed by atoms with E-state index in [0.29, 0.717) is 17.5 Å². The van der Waals surface area contributed by atoms with Gasteiger partial charge in [0.05, 0.1) is 0 Å². The molecule has 1 aliphatic heterocycles. The lowest BCUT2D eigenvalue weighted by Crippen LogP contribution is -2.43. The lowest BCUT2D eigenvalue weighted by Gasteiger charge is -2.22. The molecule has 34 heavy (non-hydrogen) atoms. The molecule has 4 atom stereocenters. The molecule has 1 fully saturated rings. The maximum absolute atomic E-state index is 13.2. The Morgan fingerprint density at radius 2 is 1.38 bits per heavy atom. The van der Waals surface area contributed by atoms with Crippen molar-refractivity contribution in [1.29, 1.82) is 0 Å². The molecule has 1 aromatic rings. The number of epoxide rings is 1. The molecular weight excluding hydrogens is 420 g/mol. The first-order chi connectivity index (χ1) is 16.1. The number of hydrogen-bond acceptors (Lipinski definition) is 3. The second-order valence-electron chi connectivity index (χ2n) is 11.8. The summed E-state index contributed by atoms with van der Waals surface area (Å²) in [5.74, 6) is 2.34. The Morgan fingerprint density at radius 1 is 0.853 bits per heavy atom. The van der Waals surface area contributed by atoms with Crippen LogP contribution in [0.4, 0.5) is 0 Å². The largest absolute Gasteiger partial charge is 0.345 e. The minimum absolute atomic E-state index is 0.0405. The maximum Gasteiger partial charge on any atom is 0.199 e. The first-order valence-corrected chi connectivity index (χ1v) is 13.6. The first-order valence-electron chi connectivity index (χ1n) is 13.6. The summed E-state index contributed by atoms with van der Waals surface area (Å²) in [6.07, 6.45) is 14.2. The second-order valence-corrected chi connectivity index (χ2v) is 11.8. The second kappa shape index (κ2) is 11.3. The van der Waals surface area contributed by atoms with Crippen LogP contribution in [0.2, 0.25) is 0 Å². The predicted octanol–water partition coefficient (Wildman–Crippen LogP) is 8.37. The Kier molecular flexibility index (Phi) is 8.95. The van der Waals surface area contributed by atoms with Crippen LogP contribution in [0.25, 0.3) is 0 Å². The standard InChI is InChI=1S/C31H46O3/c1-22(2)12-9-13-23(3)14-10-15-24(4)16-11-17-25(5)20-21-31-29(33)27-19-8-7-18-26(27)28(32)30(31,6)34-31/h7-8,18-20,22-24H,9-17,21H2,1-6H3/b25-20-. The number of Topliss-reactive ketones (excluding diaryl/α,β-unsaturated/α-hetero) is 2. The highest BCUT2D eigenvalue weighted by Gasteiger charge is 2.77. The maximum atomic E-state index is 13.2. The summed E-state index contributed by atoms with van der Waals surface area (Å²) in [4.78, 5) is 26.1. The van der Waals surface area contributed by atoms with E-state index in [9.17, 15) is 9.59 Å². The summed E-state index contributed by atoms with van der Waals surface area (Å²) in [6, 6.07) is 7.12. The minimum atomic E-state index is -1.00. The lowest BCUT2D eigenvalue weighted by molar-refractivity contribution is 0.0847. The van der Waals surface area contributed by atoms with Gasteiger partial charge in [0.25, 0.3) is 0 Å². The van der Waals surface area contributed by atoms with Crippen molar-refractivity contribution < 1.29 is 14.3 Å². The van der Waals surface area contributed by atoms with Crippen LogP contribution < -0.4 is 0 Å². The van der Waals surface area contributed by atoms with Crippen molar-refractivity contribution in [2.75, 3.05) is 0 Å². The molecule has 188 valence electrons. The molecule has 3 rings (SSSR count). The molecule has 0 bridgehead atoms. The van der Waals surface area contributed by atoms with Gasteiger partial charge < -0.3 is 4.74 Å². The molecule has 0 amide bonds. The van der Waals surface area contributed by atoms with Crippen molar-refractivity contribution in [3.8, 4) is 0 Å². The van der Waals surface area contributed by atoms with E-state index in [2.05, 4.69) is 40.7 Å². The molecule has 0 radical (unpaired) electrons. The highest BCUT2D eigenvalue weighted by atomic mass is 16.6. The van der Waals surface area contributed by atoms with Gasteiger partial charge in [-0.2, -0.15) is 0 Å². The van der Waals surface area contributed by atoms with Crippen LogP contribution in [0.5, 0.6) is 0 Å². The van der Waals surface area contributed by atoms with Crippen LogP contribution in [0, 0.1) is 17.8 Å². The highest BCUT2D eigenvalue weighted by Crippen LogP contribution is 2.57. The van der Waals surface area contributed by atoms with Gasteiger partial charge in [-0.25, -0.2) is 0 Å². The molecule has 1 saturated heterocycles. The Morgan fingerprint density at radius 3 is 1.97 bits per heavy atom. The van der Waals surface area contributed by atoms with Crippen molar-refractivity contribution in [1.82, 2.24) is 0 Å². The van der Waals surface area contributed by atoms with E-state index in [0.717, 1.165) is 24.2 Å². The normalized spacial score (nSPS) is 25.8. The summed E-state index contributed by atoms with van der Waals surface area (Å²) in [5, 5.41) is 0. The number of hydrogen-bond donors (Lipinski definition) is 0. The number of allylic oxidation sites excluding steroid dienone is 1. The predicted molar refractivity (Wildman–Crippen MR) is 140 cm³/mol. The minimum Gasteiger partial charge on any atom is -0.345 e. The summed E-state index contributed by atoms with van der Waals surface area (Å²) < 4.78 is 5.91. The monoisotopic (exact) mass is 466 g/mol. The van der Waals surface area contributed by atoms with E-state index in [1.165, 1.54) is 56.9 Å². The Balaban J connectivity index is 1.39. The fourth-order valence-corrected chi connectivity index (χ4v) is 5.63. The number of ether oxygens (including phenoxy) is 1. The Bertz CT molecular complexity index is 898. The highest BCUT2D eigenvalue weighted by molar-refractivity contribution is 6.25. The molecule has 3 heteroatoms. The van der Waals surface area contributed by atoms with E-state index >= 15 is 0 Å². The number of fused-ring (bicyclic) bond motifs is 2. The number of carbonyl (C=O) groups is 2. The summed E-state index contributed by atoms with van der Waals surface area (Å²) in [6.45, 7) is 13.3. The molecule has 1 heterocycles. The molecule has 0 saturated carbocycles. The smallest absolute Gasteiger partial charge is 0.199 e. The van der Waals surface area contributed by atoms with Gasteiger partial charge in [-0.1, -0.05) is 109 Å². The van der Waals surface area contributed by atoms with E-state index in [1.54, 1.807) is 19.1 Å². The van der Waals surface area contributed by atoms with Crippen LogP contribution in [-0.4, -0.2) is 22.8 Å². The number of ketones is 2. The first kappa shape index (κ1) is 26.9. The van der Waals surface area contributed by atoms with E-state index in [1.807, 2.05) is 12.1 Å². The van der Waals surface area contributed by atoms with Crippen LogP contribution >= 0.6 is 0 Å². The van der Waals surface area contributed by atoms with Crippen molar-refractivity contribution in [2.45, 2.75) is 117 Å². The molecule has 2 aliphatic rings. The molecule has 0 aromatic heterocycles. The SMILES string of the molecule is C/C(=C/CC12OC1(C)C(=O)c1ccccc1C2=O)CCCC(C)CCCC(C)CCCC(C)C. The van der Waals surface area contributed by atoms with E-state index in [-0.39, 0.29) is 11.6 Å². The van der Waals surface area contributed by atoms with Gasteiger partial charge in [-0.3, -0.25) is 9.59 Å². The third-order valence-electron chi connectivity index (χ3n) is 8.20. The van der Waals surface area contributed by atoms with Gasteiger partial charge in [0.2, 0.25) is 0 Å².